The van der Waals surface area contributed by atoms with Crippen LogP contribution in [0.2, 0.25) is 5.02 Å². The number of nitrogens with two attached hydrogens (primary N) is 1. The highest BCUT2D eigenvalue weighted by Crippen LogP contribution is 2.42. The van der Waals surface area contributed by atoms with Gasteiger partial charge in [0, 0.05) is 9.50 Å². The molecule has 2 aromatic heterocycles. The first-order valence-corrected chi connectivity index (χ1v) is 8.39. The molecule has 3 N–H and O–H groups in total. The number of nitrogens with zero attached hydrogens (tertiary/aromatic N) is 1. The number of thiophene rings is 1. The zero-order valence-corrected chi connectivity index (χ0v) is 14.7. The molecule has 1 aromatic carbocycles. The summed E-state index contributed by atoms with van der Waals surface area (Å²) < 4.78 is 2.04. The number of benzene rings is 1. The van der Waals surface area contributed by atoms with Gasteiger partial charge < -0.3 is 5.73 Å². The number of aromatic nitrogens is 2. The smallest absolute Gasteiger partial charge is 0.153 e. The van der Waals surface area contributed by atoms with E-state index < -0.39 is 0 Å². The molecule has 0 aliphatic carbocycles. The number of halogens is 3. The van der Waals surface area contributed by atoms with Crippen molar-refractivity contribution in [3.05, 3.63) is 43.6 Å². The minimum atomic E-state index is 0.475. The molecule has 0 spiro atoms. The van der Waals surface area contributed by atoms with Crippen molar-refractivity contribution >= 4 is 60.6 Å². The van der Waals surface area contributed by atoms with Gasteiger partial charge in [-0.3, -0.25) is 5.10 Å². The molecule has 102 valence electrons. The number of anilines is 1. The van der Waals surface area contributed by atoms with E-state index >= 15 is 0 Å². The molecule has 3 nitrogen and oxygen atoms in total. The van der Waals surface area contributed by atoms with Crippen molar-refractivity contribution in [2.45, 2.75) is 0 Å². The van der Waals surface area contributed by atoms with Gasteiger partial charge in [0.25, 0.3) is 0 Å². The Morgan fingerprint density at radius 1 is 1.20 bits per heavy atom. The zero-order chi connectivity index (χ0) is 14.3. The molecule has 0 bridgehead atoms. The molecule has 0 atom stereocenters. The van der Waals surface area contributed by atoms with Gasteiger partial charge in [0.05, 0.1) is 19.9 Å². The number of H-pyrrole nitrogens is 1. The predicted octanol–water partition coefficient (Wildman–Crippen LogP) is 5.57. The average molecular weight is 434 g/mol. The van der Waals surface area contributed by atoms with E-state index in [9.17, 15) is 0 Å². The summed E-state index contributed by atoms with van der Waals surface area (Å²) in [6.07, 6.45) is 0. The Kier molecular flexibility index (Phi) is 3.90. The van der Waals surface area contributed by atoms with E-state index in [0.29, 0.717) is 10.8 Å². The van der Waals surface area contributed by atoms with Gasteiger partial charge in [-0.05, 0) is 55.6 Å². The second kappa shape index (κ2) is 5.52. The lowest BCUT2D eigenvalue weighted by Crippen LogP contribution is -1.88. The number of nitrogen functional groups attached to an aromatic ring is 1. The van der Waals surface area contributed by atoms with Crippen LogP contribution in [0.4, 0.5) is 5.82 Å². The third kappa shape index (κ3) is 2.53. The third-order valence-electron chi connectivity index (χ3n) is 2.82. The molecule has 2 heterocycles. The van der Waals surface area contributed by atoms with Crippen molar-refractivity contribution in [2.24, 2.45) is 0 Å². The lowest BCUT2D eigenvalue weighted by Gasteiger charge is -2.03. The van der Waals surface area contributed by atoms with Crippen molar-refractivity contribution in [1.82, 2.24) is 10.2 Å². The standard InChI is InChI=1S/C13H8Br2ClN3S/c14-8-5-9(20-12(8)15)11-10(13(17)19-18-11)6-1-3-7(16)4-2-6/h1-5H,(H3,17,18,19). The number of aromatic amines is 1. The molecule has 3 aromatic rings. The predicted molar refractivity (Wildman–Crippen MR) is 92.2 cm³/mol. The molecule has 7 heteroatoms. The molecule has 0 radical (unpaired) electrons. The molecular weight excluding hydrogens is 425 g/mol. The number of hydrogen-bond donors (Lipinski definition) is 2. The fourth-order valence-electron chi connectivity index (χ4n) is 1.91. The van der Waals surface area contributed by atoms with Crippen LogP contribution in [0.25, 0.3) is 21.7 Å². The van der Waals surface area contributed by atoms with E-state index in [-0.39, 0.29) is 0 Å². The summed E-state index contributed by atoms with van der Waals surface area (Å²) in [6.45, 7) is 0. The Balaban J connectivity index is 2.16. The van der Waals surface area contributed by atoms with Crippen LogP contribution in [-0.4, -0.2) is 10.2 Å². The van der Waals surface area contributed by atoms with Crippen LogP contribution in [0.3, 0.4) is 0 Å². The van der Waals surface area contributed by atoms with Crippen molar-refractivity contribution in [2.75, 3.05) is 5.73 Å². The lowest BCUT2D eigenvalue weighted by atomic mass is 10.0. The normalized spacial score (nSPS) is 10.9. The number of rotatable bonds is 2. The monoisotopic (exact) mass is 431 g/mol. The summed E-state index contributed by atoms with van der Waals surface area (Å²) in [4.78, 5) is 1.05. The average Bonchev–Trinajstić information content (AvgIpc) is 2.95. The van der Waals surface area contributed by atoms with Crippen molar-refractivity contribution in [3.8, 4) is 21.7 Å². The quantitative estimate of drug-likeness (QED) is 0.555. The van der Waals surface area contributed by atoms with Gasteiger partial charge in [-0.1, -0.05) is 23.7 Å². The van der Waals surface area contributed by atoms with Crippen LogP contribution in [0, 0.1) is 0 Å². The first kappa shape index (κ1) is 14.1. The number of hydrogen-bond acceptors (Lipinski definition) is 3. The second-order valence-electron chi connectivity index (χ2n) is 4.10. The van der Waals surface area contributed by atoms with Gasteiger partial charge in [-0.25, -0.2) is 0 Å². The Morgan fingerprint density at radius 2 is 1.90 bits per heavy atom. The maximum absolute atomic E-state index is 6.00. The summed E-state index contributed by atoms with van der Waals surface area (Å²) in [6, 6.07) is 9.58. The highest BCUT2D eigenvalue weighted by molar-refractivity contribution is 9.13. The van der Waals surface area contributed by atoms with E-state index in [0.717, 1.165) is 30.0 Å². The molecular formula is C13H8Br2ClN3S. The molecule has 0 fully saturated rings. The van der Waals surface area contributed by atoms with Crippen molar-refractivity contribution in [1.29, 1.82) is 0 Å². The molecule has 0 unspecified atom stereocenters. The maximum atomic E-state index is 6.00. The van der Waals surface area contributed by atoms with Gasteiger partial charge in [0.1, 0.15) is 0 Å². The van der Waals surface area contributed by atoms with Crippen molar-refractivity contribution < 1.29 is 0 Å². The third-order valence-corrected chi connectivity index (χ3v) is 6.34. The second-order valence-corrected chi connectivity index (χ2v) is 7.76. The molecule has 20 heavy (non-hydrogen) atoms. The van der Waals surface area contributed by atoms with E-state index in [1.165, 1.54) is 0 Å². The Morgan fingerprint density at radius 3 is 2.50 bits per heavy atom. The van der Waals surface area contributed by atoms with Crippen LogP contribution in [-0.2, 0) is 0 Å². The van der Waals surface area contributed by atoms with Gasteiger partial charge in [0.2, 0.25) is 0 Å². The molecule has 3 rings (SSSR count). The van der Waals surface area contributed by atoms with Crippen molar-refractivity contribution in [3.63, 3.8) is 0 Å². The van der Waals surface area contributed by atoms with Gasteiger partial charge in [-0.2, -0.15) is 5.10 Å². The van der Waals surface area contributed by atoms with E-state index in [4.69, 9.17) is 17.3 Å². The fourth-order valence-corrected chi connectivity index (χ4v) is 4.08. The summed E-state index contributed by atoms with van der Waals surface area (Å²) in [5.74, 6) is 0.475. The van der Waals surface area contributed by atoms with Crippen LogP contribution >= 0.6 is 54.8 Å². The molecule has 0 aliphatic rings. The SMILES string of the molecule is Nc1n[nH]c(-c2cc(Br)c(Br)s2)c1-c1ccc(Cl)cc1. The minimum Gasteiger partial charge on any atom is -0.382 e. The largest absolute Gasteiger partial charge is 0.382 e. The zero-order valence-electron chi connectivity index (χ0n) is 9.95. The van der Waals surface area contributed by atoms with Crippen LogP contribution in [0.15, 0.2) is 38.6 Å². The Labute approximate surface area is 141 Å². The van der Waals surface area contributed by atoms with Crippen LogP contribution in [0.5, 0.6) is 0 Å². The first-order chi connectivity index (χ1) is 9.56. The molecule has 0 aliphatic heterocycles. The molecule has 0 amide bonds. The van der Waals surface area contributed by atoms with Crippen LogP contribution in [0.1, 0.15) is 0 Å². The van der Waals surface area contributed by atoms with E-state index in [1.807, 2.05) is 30.3 Å². The molecule has 0 saturated carbocycles. The Bertz CT molecular complexity index is 745. The van der Waals surface area contributed by atoms with Gasteiger partial charge in [-0.15, -0.1) is 11.3 Å². The fraction of sp³-hybridized carbons (Fsp3) is 0. The summed E-state index contributed by atoms with van der Waals surface area (Å²) >= 11 is 14.5. The Hall–Kier alpha value is -0.820. The van der Waals surface area contributed by atoms with Gasteiger partial charge in [0.15, 0.2) is 5.82 Å². The van der Waals surface area contributed by atoms with Gasteiger partial charge >= 0.3 is 0 Å². The number of nitrogens with one attached hydrogen (secondary N) is 1. The minimum absolute atomic E-state index is 0.475. The van der Waals surface area contributed by atoms with E-state index in [1.54, 1.807) is 11.3 Å². The first-order valence-electron chi connectivity index (χ1n) is 5.61. The van der Waals surface area contributed by atoms with Crippen LogP contribution < -0.4 is 5.73 Å². The summed E-state index contributed by atoms with van der Waals surface area (Å²) in [5.41, 5.74) is 8.78. The molecule has 0 saturated heterocycles. The highest BCUT2D eigenvalue weighted by Gasteiger charge is 2.17. The topological polar surface area (TPSA) is 54.7 Å². The highest BCUT2D eigenvalue weighted by atomic mass is 79.9. The van der Waals surface area contributed by atoms with E-state index in [2.05, 4.69) is 42.1 Å². The lowest BCUT2D eigenvalue weighted by molar-refractivity contribution is 1.11. The summed E-state index contributed by atoms with van der Waals surface area (Å²) in [5, 5.41) is 7.82. The summed E-state index contributed by atoms with van der Waals surface area (Å²) in [7, 11) is 0. The maximum Gasteiger partial charge on any atom is 0.153 e.